The zero-order valence-corrected chi connectivity index (χ0v) is 23.1. The van der Waals surface area contributed by atoms with Gasteiger partial charge in [-0.05, 0) is 90.0 Å². The Labute approximate surface area is 233 Å². The van der Waals surface area contributed by atoms with E-state index in [9.17, 15) is 9.90 Å². The zero-order valence-electron chi connectivity index (χ0n) is 23.1. The maximum absolute atomic E-state index is 15.9. The monoisotopic (exact) mass is 552 g/mol. The maximum Gasteiger partial charge on any atom is 0.303 e. The van der Waals surface area contributed by atoms with Crippen molar-refractivity contribution < 1.29 is 32.5 Å². The summed E-state index contributed by atoms with van der Waals surface area (Å²) in [7, 11) is 1.48. The highest BCUT2D eigenvalue weighted by atomic mass is 19.1. The summed E-state index contributed by atoms with van der Waals surface area (Å²) >= 11 is 0. The number of halogens is 3. The number of benzene rings is 3. The number of carboxylic acid groups (broad SMARTS) is 1. The van der Waals surface area contributed by atoms with Gasteiger partial charge in [-0.3, -0.25) is 4.79 Å². The van der Waals surface area contributed by atoms with E-state index in [2.05, 4.69) is 13.8 Å². The standard InChI is InChI=1S/C33H35F3O4/c1-33(2)13-5-7-26(33)24-14-19(15-28(35)31(24)25-16-21(39-3)11-12-27(25)34)18-40-29-8-4-6-22(32(29)36)23(17-30(37)38)20-9-10-20/h4,6,8,11-12,14-16,20,23,26H,5,7,9-10,13,17-18H2,1-3H3,(H,37,38)/t23-,26-/m1/s1. The van der Waals surface area contributed by atoms with Gasteiger partial charge in [0, 0.05) is 17.0 Å². The Hall–Kier alpha value is -3.48. The first kappa shape index (κ1) is 28.1. The molecule has 5 rings (SSSR count). The number of aliphatic carboxylic acids is 1. The van der Waals surface area contributed by atoms with Crippen LogP contribution in [-0.4, -0.2) is 18.2 Å². The Bertz CT molecular complexity index is 1410. The molecule has 0 radical (unpaired) electrons. The van der Waals surface area contributed by atoms with Crippen LogP contribution in [0.4, 0.5) is 13.2 Å². The maximum atomic E-state index is 15.9. The summed E-state index contributed by atoms with van der Waals surface area (Å²) in [4.78, 5) is 11.4. The summed E-state index contributed by atoms with van der Waals surface area (Å²) < 4.78 is 57.7. The molecular formula is C33H35F3O4. The number of hydrogen-bond donors (Lipinski definition) is 1. The molecular weight excluding hydrogens is 517 g/mol. The van der Waals surface area contributed by atoms with Gasteiger partial charge >= 0.3 is 5.97 Å². The van der Waals surface area contributed by atoms with Gasteiger partial charge in [-0.25, -0.2) is 13.2 Å². The Morgan fingerprint density at radius 1 is 1.05 bits per heavy atom. The smallest absolute Gasteiger partial charge is 0.303 e. The van der Waals surface area contributed by atoms with Crippen molar-refractivity contribution in [2.45, 2.75) is 70.8 Å². The summed E-state index contributed by atoms with van der Waals surface area (Å²) in [5, 5.41) is 9.34. The van der Waals surface area contributed by atoms with E-state index in [4.69, 9.17) is 9.47 Å². The van der Waals surface area contributed by atoms with Gasteiger partial charge in [-0.15, -0.1) is 0 Å². The largest absolute Gasteiger partial charge is 0.497 e. The average molecular weight is 553 g/mol. The van der Waals surface area contributed by atoms with Crippen LogP contribution in [-0.2, 0) is 11.4 Å². The third-order valence-corrected chi connectivity index (χ3v) is 8.63. The van der Waals surface area contributed by atoms with Crippen molar-refractivity contribution in [1.29, 1.82) is 0 Å². The second kappa shape index (κ2) is 11.2. The minimum Gasteiger partial charge on any atom is -0.497 e. The SMILES string of the molecule is COc1ccc(F)c(-c2c(F)cc(COc3cccc([C@H](CC(=O)O)C4CC4)c3F)cc2[C@H]2CCCC2(C)C)c1. The van der Waals surface area contributed by atoms with Crippen molar-refractivity contribution in [1.82, 2.24) is 0 Å². The minimum absolute atomic E-state index is 0.000361. The van der Waals surface area contributed by atoms with Crippen LogP contribution in [0.25, 0.3) is 11.1 Å². The summed E-state index contributed by atoms with van der Waals surface area (Å²) in [5.41, 5.74) is 1.80. The zero-order chi connectivity index (χ0) is 28.6. The molecule has 7 heteroatoms. The molecule has 40 heavy (non-hydrogen) atoms. The summed E-state index contributed by atoms with van der Waals surface area (Å²) in [6.45, 7) is 4.20. The minimum atomic E-state index is -0.965. The molecule has 0 heterocycles. The van der Waals surface area contributed by atoms with Crippen molar-refractivity contribution in [3.63, 3.8) is 0 Å². The van der Waals surface area contributed by atoms with E-state index < -0.39 is 29.3 Å². The molecule has 3 aromatic rings. The lowest BCUT2D eigenvalue weighted by atomic mass is 9.75. The van der Waals surface area contributed by atoms with Gasteiger partial charge in [-0.1, -0.05) is 38.5 Å². The van der Waals surface area contributed by atoms with Crippen LogP contribution in [0.1, 0.15) is 80.9 Å². The normalized spacial score (nSPS) is 18.9. The predicted molar refractivity (Wildman–Crippen MR) is 147 cm³/mol. The van der Waals surface area contributed by atoms with Crippen molar-refractivity contribution in [3.05, 3.63) is 82.7 Å². The number of ether oxygens (including phenoxy) is 2. The summed E-state index contributed by atoms with van der Waals surface area (Å²) in [5.74, 6) is -2.48. The van der Waals surface area contributed by atoms with E-state index in [-0.39, 0.29) is 47.2 Å². The van der Waals surface area contributed by atoms with E-state index in [1.807, 2.05) is 6.07 Å². The molecule has 0 bridgehead atoms. The first-order valence-corrected chi connectivity index (χ1v) is 13.9. The third-order valence-electron chi connectivity index (χ3n) is 8.63. The molecule has 1 N–H and O–H groups in total. The molecule has 0 spiro atoms. The molecule has 2 fully saturated rings. The van der Waals surface area contributed by atoms with Gasteiger partial charge in [0.1, 0.15) is 24.0 Å². The molecule has 2 saturated carbocycles. The second-order valence-electron chi connectivity index (χ2n) is 11.8. The van der Waals surface area contributed by atoms with E-state index in [1.165, 1.54) is 37.4 Å². The molecule has 2 aliphatic carbocycles. The van der Waals surface area contributed by atoms with Gasteiger partial charge in [0.2, 0.25) is 0 Å². The number of rotatable bonds is 10. The highest BCUT2D eigenvalue weighted by molar-refractivity contribution is 5.72. The van der Waals surface area contributed by atoms with Crippen LogP contribution in [0.2, 0.25) is 0 Å². The van der Waals surface area contributed by atoms with Gasteiger partial charge < -0.3 is 14.6 Å². The lowest BCUT2D eigenvalue weighted by Crippen LogP contribution is -2.17. The lowest BCUT2D eigenvalue weighted by molar-refractivity contribution is -0.137. The van der Waals surface area contributed by atoms with Crippen molar-refractivity contribution in [3.8, 4) is 22.6 Å². The van der Waals surface area contributed by atoms with E-state index in [0.717, 1.165) is 32.1 Å². The highest BCUT2D eigenvalue weighted by Crippen LogP contribution is 2.52. The highest BCUT2D eigenvalue weighted by Gasteiger charge is 2.38. The molecule has 3 aromatic carbocycles. The molecule has 0 unspecified atom stereocenters. The Morgan fingerprint density at radius 3 is 2.48 bits per heavy atom. The van der Waals surface area contributed by atoms with Crippen LogP contribution in [0.3, 0.4) is 0 Å². The fourth-order valence-corrected chi connectivity index (χ4v) is 6.36. The Kier molecular flexibility index (Phi) is 7.85. The molecule has 0 aliphatic heterocycles. The van der Waals surface area contributed by atoms with Crippen LogP contribution in [0, 0.1) is 28.8 Å². The average Bonchev–Trinajstić information content (AvgIpc) is 3.69. The van der Waals surface area contributed by atoms with Gasteiger partial charge in [-0.2, -0.15) is 0 Å². The number of carbonyl (C=O) groups is 1. The third kappa shape index (κ3) is 5.70. The number of carboxylic acids is 1. The quantitative estimate of drug-likeness (QED) is 0.274. The van der Waals surface area contributed by atoms with Gasteiger partial charge in [0.25, 0.3) is 0 Å². The van der Waals surface area contributed by atoms with Crippen molar-refractivity contribution in [2.24, 2.45) is 11.3 Å². The van der Waals surface area contributed by atoms with E-state index >= 15 is 13.2 Å². The van der Waals surface area contributed by atoms with E-state index in [1.54, 1.807) is 12.1 Å². The summed E-state index contributed by atoms with van der Waals surface area (Å²) in [6.07, 6.45) is 4.41. The molecule has 2 atom stereocenters. The number of hydrogen-bond acceptors (Lipinski definition) is 3. The van der Waals surface area contributed by atoms with Gasteiger partial charge in [0.05, 0.1) is 13.5 Å². The van der Waals surface area contributed by atoms with Crippen LogP contribution < -0.4 is 9.47 Å². The summed E-state index contributed by atoms with van der Waals surface area (Å²) in [6, 6.07) is 12.3. The fourth-order valence-electron chi connectivity index (χ4n) is 6.36. The van der Waals surface area contributed by atoms with Crippen LogP contribution in [0.15, 0.2) is 48.5 Å². The van der Waals surface area contributed by atoms with Gasteiger partial charge in [0.15, 0.2) is 11.6 Å². The topological polar surface area (TPSA) is 55.8 Å². The van der Waals surface area contributed by atoms with Crippen molar-refractivity contribution in [2.75, 3.05) is 7.11 Å². The Balaban J connectivity index is 1.50. The van der Waals surface area contributed by atoms with Crippen molar-refractivity contribution >= 4 is 5.97 Å². The molecule has 0 aromatic heterocycles. The first-order chi connectivity index (χ1) is 19.1. The molecule has 2 aliphatic rings. The van der Waals surface area contributed by atoms with Crippen LogP contribution in [0.5, 0.6) is 11.5 Å². The number of methoxy groups -OCH3 is 1. The molecule has 0 saturated heterocycles. The first-order valence-electron chi connectivity index (χ1n) is 13.9. The van der Waals surface area contributed by atoms with E-state index in [0.29, 0.717) is 22.4 Å². The fraction of sp³-hybridized carbons (Fsp3) is 0.424. The second-order valence-corrected chi connectivity index (χ2v) is 11.8. The lowest BCUT2D eigenvalue weighted by Gasteiger charge is -2.30. The molecule has 0 amide bonds. The molecule has 4 nitrogen and oxygen atoms in total. The Morgan fingerprint density at radius 2 is 1.82 bits per heavy atom. The van der Waals surface area contributed by atoms with Crippen LogP contribution >= 0.6 is 0 Å². The predicted octanol–water partition coefficient (Wildman–Crippen LogP) is 8.62. The molecule has 212 valence electrons.